The maximum absolute atomic E-state index is 11.7. The van der Waals surface area contributed by atoms with Gasteiger partial charge in [-0.15, -0.1) is 0 Å². The largest absolute Gasteiger partial charge is 0.264 e. The van der Waals surface area contributed by atoms with E-state index in [2.05, 4.69) is 23.2 Å². The van der Waals surface area contributed by atoms with Crippen LogP contribution in [0.1, 0.15) is 30.4 Å². The summed E-state index contributed by atoms with van der Waals surface area (Å²) in [5.74, 6) is 0. The fourth-order valence-corrected chi connectivity index (χ4v) is 4.16. The zero-order valence-corrected chi connectivity index (χ0v) is 14.4. The molecule has 1 heterocycles. The summed E-state index contributed by atoms with van der Waals surface area (Å²) in [6.07, 6.45) is 13.3. The van der Waals surface area contributed by atoms with Crippen LogP contribution in [0, 0.1) is 5.41 Å². The van der Waals surface area contributed by atoms with Crippen molar-refractivity contribution < 1.29 is 8.42 Å². The molecule has 1 fully saturated rings. The second kappa shape index (κ2) is 5.42. The van der Waals surface area contributed by atoms with Crippen molar-refractivity contribution in [2.75, 3.05) is 6.26 Å². The number of hydrogen-bond donors (Lipinski definition) is 0. The van der Waals surface area contributed by atoms with Crippen LogP contribution >= 0.6 is 0 Å². The molecule has 4 heteroatoms. The number of hydrogen-bond acceptors (Lipinski definition) is 3. The Hall–Kier alpha value is -2.20. The Labute approximate surface area is 142 Å². The third-order valence-corrected chi connectivity index (χ3v) is 6.13. The van der Waals surface area contributed by atoms with Crippen LogP contribution in [0.15, 0.2) is 65.8 Å². The highest BCUT2D eigenvalue weighted by Crippen LogP contribution is 2.53. The lowest BCUT2D eigenvalue weighted by atomic mass is 9.70. The molecule has 1 spiro atoms. The van der Waals surface area contributed by atoms with Gasteiger partial charge in [-0.25, -0.2) is 8.42 Å². The predicted octanol–water partition coefficient (Wildman–Crippen LogP) is 4.14. The molecule has 0 aliphatic heterocycles. The lowest BCUT2D eigenvalue weighted by Crippen LogP contribution is -2.22. The van der Waals surface area contributed by atoms with E-state index >= 15 is 0 Å². The molecule has 0 amide bonds. The van der Waals surface area contributed by atoms with E-state index in [0.29, 0.717) is 4.90 Å². The number of sulfone groups is 1. The zero-order chi connectivity index (χ0) is 16.8. The Kier molecular flexibility index (Phi) is 3.46. The van der Waals surface area contributed by atoms with Crippen LogP contribution in [0.25, 0.3) is 11.1 Å². The SMILES string of the molecule is CS(=O)(=O)c1ccc(C2=CC3(C=C2c2cccnc2)CCC3)cc1. The van der Waals surface area contributed by atoms with Gasteiger partial charge in [0.1, 0.15) is 0 Å². The van der Waals surface area contributed by atoms with Crippen molar-refractivity contribution in [3.8, 4) is 0 Å². The number of rotatable bonds is 3. The van der Waals surface area contributed by atoms with Crippen LogP contribution in [0.2, 0.25) is 0 Å². The first kappa shape index (κ1) is 15.3. The van der Waals surface area contributed by atoms with E-state index in [9.17, 15) is 8.42 Å². The Morgan fingerprint density at radius 3 is 2.12 bits per heavy atom. The maximum Gasteiger partial charge on any atom is 0.175 e. The first-order valence-electron chi connectivity index (χ1n) is 8.14. The summed E-state index contributed by atoms with van der Waals surface area (Å²) in [7, 11) is -3.17. The topological polar surface area (TPSA) is 47.0 Å². The van der Waals surface area contributed by atoms with E-state index in [1.54, 1.807) is 18.3 Å². The molecular formula is C20H19NO2S. The van der Waals surface area contributed by atoms with E-state index in [0.717, 1.165) is 11.1 Å². The number of allylic oxidation sites excluding steroid dienone is 4. The molecule has 2 aliphatic carbocycles. The van der Waals surface area contributed by atoms with Gasteiger partial charge in [0, 0.05) is 29.6 Å². The molecule has 4 rings (SSSR count). The second-order valence-electron chi connectivity index (χ2n) is 6.74. The minimum atomic E-state index is -3.17. The fraction of sp³-hybridized carbons (Fsp3) is 0.250. The molecule has 0 unspecified atom stereocenters. The van der Waals surface area contributed by atoms with Gasteiger partial charge in [0.25, 0.3) is 0 Å². The Morgan fingerprint density at radius 1 is 0.958 bits per heavy atom. The van der Waals surface area contributed by atoms with Gasteiger partial charge in [0.2, 0.25) is 0 Å². The fourth-order valence-electron chi connectivity index (χ4n) is 3.53. The smallest absolute Gasteiger partial charge is 0.175 e. The van der Waals surface area contributed by atoms with Crippen molar-refractivity contribution in [2.24, 2.45) is 5.41 Å². The van der Waals surface area contributed by atoms with Crippen LogP contribution < -0.4 is 0 Å². The van der Waals surface area contributed by atoms with Crippen LogP contribution in [0.5, 0.6) is 0 Å². The van der Waals surface area contributed by atoms with Crippen molar-refractivity contribution in [2.45, 2.75) is 24.2 Å². The average Bonchev–Trinajstić information content (AvgIpc) is 2.96. The van der Waals surface area contributed by atoms with Crippen LogP contribution in [0.4, 0.5) is 0 Å². The molecule has 1 saturated carbocycles. The Balaban J connectivity index is 1.78. The predicted molar refractivity (Wildman–Crippen MR) is 96.0 cm³/mol. The highest BCUT2D eigenvalue weighted by atomic mass is 32.2. The Bertz CT molecular complexity index is 935. The molecule has 0 radical (unpaired) electrons. The van der Waals surface area contributed by atoms with Gasteiger partial charge >= 0.3 is 0 Å². The summed E-state index contributed by atoms with van der Waals surface area (Å²) in [4.78, 5) is 4.60. The standard InChI is InChI=1S/C20H19NO2S/c1-24(22,23)17-7-5-15(6-8-17)18-12-20(9-3-10-20)13-19(18)16-4-2-11-21-14-16/h2,4-8,11-14H,3,9-10H2,1H3. The lowest BCUT2D eigenvalue weighted by Gasteiger charge is -2.34. The van der Waals surface area contributed by atoms with Gasteiger partial charge in [0.15, 0.2) is 9.84 Å². The molecular weight excluding hydrogens is 318 g/mol. The molecule has 2 aliphatic rings. The molecule has 0 bridgehead atoms. The van der Waals surface area contributed by atoms with Gasteiger partial charge in [0.05, 0.1) is 4.90 Å². The lowest BCUT2D eigenvalue weighted by molar-refractivity contribution is 0.282. The molecule has 0 N–H and O–H groups in total. The van der Waals surface area contributed by atoms with E-state index in [1.807, 2.05) is 24.4 Å². The van der Waals surface area contributed by atoms with Crippen LogP contribution in [-0.2, 0) is 9.84 Å². The number of pyridine rings is 1. The van der Waals surface area contributed by atoms with E-state index in [4.69, 9.17) is 0 Å². The average molecular weight is 337 g/mol. The first-order chi connectivity index (χ1) is 11.5. The van der Waals surface area contributed by atoms with E-state index < -0.39 is 9.84 Å². The minimum absolute atomic E-state index is 0.177. The van der Waals surface area contributed by atoms with Crippen molar-refractivity contribution in [3.05, 3.63) is 72.1 Å². The zero-order valence-electron chi connectivity index (χ0n) is 13.6. The van der Waals surface area contributed by atoms with Crippen molar-refractivity contribution >= 4 is 21.0 Å². The molecule has 1 aromatic heterocycles. The van der Waals surface area contributed by atoms with Gasteiger partial charge in [-0.1, -0.05) is 36.8 Å². The second-order valence-corrected chi connectivity index (χ2v) is 8.76. The summed E-state index contributed by atoms with van der Waals surface area (Å²) < 4.78 is 23.4. The molecule has 1 aromatic carbocycles. The summed E-state index contributed by atoms with van der Waals surface area (Å²) in [6.45, 7) is 0. The molecule has 2 aromatic rings. The molecule has 0 saturated heterocycles. The van der Waals surface area contributed by atoms with Gasteiger partial charge < -0.3 is 0 Å². The number of nitrogens with zero attached hydrogens (tertiary/aromatic N) is 1. The molecule has 122 valence electrons. The summed E-state index contributed by atoms with van der Waals surface area (Å²) >= 11 is 0. The number of aromatic nitrogens is 1. The third-order valence-electron chi connectivity index (χ3n) is 5.00. The van der Waals surface area contributed by atoms with Crippen molar-refractivity contribution in [1.29, 1.82) is 0 Å². The van der Waals surface area contributed by atoms with Crippen LogP contribution in [-0.4, -0.2) is 19.7 Å². The molecule has 0 atom stereocenters. The summed E-state index contributed by atoms with van der Waals surface area (Å²) in [5.41, 5.74) is 4.73. The van der Waals surface area contributed by atoms with Gasteiger partial charge in [-0.3, -0.25) is 4.98 Å². The molecule has 24 heavy (non-hydrogen) atoms. The molecule has 3 nitrogen and oxygen atoms in total. The Morgan fingerprint density at radius 2 is 1.62 bits per heavy atom. The van der Waals surface area contributed by atoms with E-state index in [-0.39, 0.29) is 5.41 Å². The van der Waals surface area contributed by atoms with Crippen molar-refractivity contribution in [1.82, 2.24) is 4.98 Å². The van der Waals surface area contributed by atoms with Crippen molar-refractivity contribution in [3.63, 3.8) is 0 Å². The highest BCUT2D eigenvalue weighted by molar-refractivity contribution is 7.90. The summed E-state index contributed by atoms with van der Waals surface area (Å²) in [6, 6.07) is 11.2. The minimum Gasteiger partial charge on any atom is -0.264 e. The van der Waals surface area contributed by atoms with E-state index in [1.165, 1.54) is 36.7 Å². The van der Waals surface area contributed by atoms with Crippen LogP contribution in [0.3, 0.4) is 0 Å². The summed E-state index contributed by atoms with van der Waals surface area (Å²) in [5, 5.41) is 0. The monoisotopic (exact) mass is 337 g/mol. The normalized spacial score (nSPS) is 18.9. The van der Waals surface area contributed by atoms with Gasteiger partial charge in [-0.05, 0) is 47.8 Å². The van der Waals surface area contributed by atoms with Gasteiger partial charge in [-0.2, -0.15) is 0 Å². The number of benzene rings is 1. The maximum atomic E-state index is 11.7. The third kappa shape index (κ3) is 2.61. The highest BCUT2D eigenvalue weighted by Gasteiger charge is 2.38. The first-order valence-corrected chi connectivity index (χ1v) is 10.0. The quantitative estimate of drug-likeness (QED) is 0.846.